The molecule has 140 valence electrons. The maximum Gasteiger partial charge on any atom is 0.264 e. The molecule has 9 heteroatoms. The molecule has 0 aliphatic carbocycles. The highest BCUT2D eigenvalue weighted by Crippen LogP contribution is 2.35. The number of carbonyl (C=O) groups excluding carboxylic acids is 1. The van der Waals surface area contributed by atoms with Crippen molar-refractivity contribution in [1.29, 1.82) is 0 Å². The van der Waals surface area contributed by atoms with Crippen LogP contribution >= 0.6 is 47.5 Å². The van der Waals surface area contributed by atoms with E-state index in [0.29, 0.717) is 0 Å². The molecule has 0 aromatic carbocycles. The van der Waals surface area contributed by atoms with Crippen molar-refractivity contribution >= 4 is 68.1 Å². The van der Waals surface area contributed by atoms with Gasteiger partial charge in [0.15, 0.2) is 5.13 Å². The van der Waals surface area contributed by atoms with E-state index in [1.165, 1.54) is 11.3 Å². The fourth-order valence-electron chi connectivity index (χ4n) is 3.60. The zero-order valence-electron chi connectivity index (χ0n) is 14.4. The highest BCUT2D eigenvalue weighted by atomic mass is 35.5. The van der Waals surface area contributed by atoms with Crippen molar-refractivity contribution < 1.29 is 4.79 Å². The highest BCUT2D eigenvalue weighted by Gasteiger charge is 2.32. The first-order valence-electron chi connectivity index (χ1n) is 8.19. The van der Waals surface area contributed by atoms with Crippen molar-refractivity contribution in [2.45, 2.75) is 12.8 Å². The standard InChI is InChI=1S/C16H22N4OS2.2ClH/c1-19(2)16-18-14-12(23-16)7-13(22-14)15(21)20-5-3-10-8-17-9-11(10)4-6-20;;/h7,10-11,17H,3-6,8-9H2,1-2H3;2*1H/t10-,11+;;. The van der Waals surface area contributed by atoms with Crippen LogP contribution in [-0.2, 0) is 0 Å². The summed E-state index contributed by atoms with van der Waals surface area (Å²) in [7, 11) is 3.99. The molecule has 2 aliphatic rings. The summed E-state index contributed by atoms with van der Waals surface area (Å²) in [6.45, 7) is 4.03. The number of likely N-dealkylation sites (tertiary alicyclic amines) is 1. The summed E-state index contributed by atoms with van der Waals surface area (Å²) in [5.74, 6) is 1.70. The molecule has 2 saturated heterocycles. The van der Waals surface area contributed by atoms with Crippen LogP contribution in [0.25, 0.3) is 9.53 Å². The maximum atomic E-state index is 12.8. The quantitative estimate of drug-likeness (QED) is 0.805. The molecule has 2 fully saturated rings. The lowest BCUT2D eigenvalue weighted by Gasteiger charge is -2.20. The molecule has 1 N–H and O–H groups in total. The van der Waals surface area contributed by atoms with Crippen LogP contribution < -0.4 is 10.2 Å². The number of thiazole rings is 1. The molecular weight excluding hydrogens is 399 g/mol. The summed E-state index contributed by atoms with van der Waals surface area (Å²) in [4.78, 5) is 23.4. The first kappa shape index (κ1) is 20.7. The third-order valence-corrected chi connectivity index (χ3v) is 7.29. The number of nitrogens with one attached hydrogen (secondary N) is 1. The van der Waals surface area contributed by atoms with Gasteiger partial charge in [0.2, 0.25) is 0 Å². The summed E-state index contributed by atoms with van der Waals surface area (Å²) < 4.78 is 1.12. The second-order valence-electron chi connectivity index (χ2n) is 6.72. The molecule has 0 spiro atoms. The van der Waals surface area contributed by atoms with Gasteiger partial charge < -0.3 is 15.1 Å². The number of hydrogen-bond acceptors (Lipinski definition) is 6. The predicted molar refractivity (Wildman–Crippen MR) is 111 cm³/mol. The number of amides is 1. The van der Waals surface area contributed by atoms with Gasteiger partial charge in [-0.2, -0.15) is 0 Å². The van der Waals surface area contributed by atoms with E-state index in [9.17, 15) is 4.79 Å². The van der Waals surface area contributed by atoms with E-state index < -0.39 is 0 Å². The molecular formula is C16H24Cl2N4OS2. The molecule has 25 heavy (non-hydrogen) atoms. The summed E-state index contributed by atoms with van der Waals surface area (Å²) in [6, 6.07) is 2.03. The molecule has 0 unspecified atom stereocenters. The van der Waals surface area contributed by atoms with Crippen molar-refractivity contribution in [3.8, 4) is 0 Å². The first-order chi connectivity index (χ1) is 11.1. The average Bonchev–Trinajstić information content (AvgIpc) is 3.18. The number of carbonyl (C=O) groups is 1. The van der Waals surface area contributed by atoms with Gasteiger partial charge in [-0.15, -0.1) is 36.2 Å². The Labute approximate surface area is 168 Å². The van der Waals surface area contributed by atoms with Gasteiger partial charge in [-0.25, -0.2) is 4.98 Å². The minimum Gasteiger partial charge on any atom is -0.354 e. The van der Waals surface area contributed by atoms with Gasteiger partial charge in [0, 0.05) is 27.2 Å². The molecule has 2 aromatic rings. The van der Waals surface area contributed by atoms with Gasteiger partial charge in [-0.3, -0.25) is 4.79 Å². The van der Waals surface area contributed by atoms with Crippen LogP contribution in [-0.4, -0.2) is 56.1 Å². The Balaban J connectivity index is 0.00000113. The van der Waals surface area contributed by atoms with Crippen LogP contribution in [0.15, 0.2) is 6.07 Å². The Kier molecular flexibility index (Phi) is 6.95. The van der Waals surface area contributed by atoms with Crippen LogP contribution in [0, 0.1) is 11.8 Å². The Morgan fingerprint density at radius 1 is 1.20 bits per heavy atom. The summed E-state index contributed by atoms with van der Waals surface area (Å²) >= 11 is 3.19. The zero-order valence-corrected chi connectivity index (χ0v) is 17.6. The number of aromatic nitrogens is 1. The van der Waals surface area contributed by atoms with E-state index in [1.807, 2.05) is 25.1 Å². The fourth-order valence-corrected chi connectivity index (χ4v) is 5.70. The normalized spacial score (nSPS) is 22.7. The summed E-state index contributed by atoms with van der Waals surface area (Å²) in [6.07, 6.45) is 2.26. The van der Waals surface area contributed by atoms with E-state index in [0.717, 1.165) is 70.4 Å². The van der Waals surface area contributed by atoms with E-state index in [2.05, 4.69) is 15.2 Å². The Hall–Kier alpha value is -0.600. The van der Waals surface area contributed by atoms with Crippen molar-refractivity contribution in [3.05, 3.63) is 10.9 Å². The van der Waals surface area contributed by atoms with Gasteiger partial charge >= 0.3 is 0 Å². The lowest BCUT2D eigenvalue weighted by atomic mass is 9.92. The summed E-state index contributed by atoms with van der Waals surface area (Å²) in [5.41, 5.74) is 0. The zero-order chi connectivity index (χ0) is 16.0. The predicted octanol–water partition coefficient (Wildman–Crippen LogP) is 3.34. The molecule has 4 rings (SSSR count). The molecule has 1 amide bonds. The number of fused-ring (bicyclic) bond motifs is 2. The van der Waals surface area contributed by atoms with Crippen LogP contribution in [0.1, 0.15) is 22.5 Å². The number of nitrogens with zero attached hydrogens (tertiary/aromatic N) is 3. The average molecular weight is 423 g/mol. The molecule has 0 bridgehead atoms. The number of rotatable bonds is 2. The number of anilines is 1. The molecule has 0 radical (unpaired) electrons. The number of hydrogen-bond donors (Lipinski definition) is 1. The molecule has 0 saturated carbocycles. The molecule has 5 nitrogen and oxygen atoms in total. The summed E-state index contributed by atoms with van der Waals surface area (Å²) in [5, 5.41) is 4.48. The Morgan fingerprint density at radius 2 is 1.84 bits per heavy atom. The van der Waals surface area contributed by atoms with E-state index in [-0.39, 0.29) is 30.7 Å². The first-order valence-corrected chi connectivity index (χ1v) is 9.83. The molecule has 4 heterocycles. The Bertz CT molecular complexity index is 687. The smallest absolute Gasteiger partial charge is 0.264 e. The largest absolute Gasteiger partial charge is 0.354 e. The van der Waals surface area contributed by atoms with E-state index >= 15 is 0 Å². The SMILES string of the molecule is CN(C)c1nc2sc(C(=O)N3CC[C@@H]4CNC[C@@H]4CC3)cc2s1.Cl.Cl. The van der Waals surface area contributed by atoms with Crippen LogP contribution in [0.2, 0.25) is 0 Å². The van der Waals surface area contributed by atoms with E-state index in [4.69, 9.17) is 0 Å². The van der Waals surface area contributed by atoms with E-state index in [1.54, 1.807) is 11.3 Å². The van der Waals surface area contributed by atoms with Crippen LogP contribution in [0.5, 0.6) is 0 Å². The monoisotopic (exact) mass is 422 g/mol. The Morgan fingerprint density at radius 3 is 2.40 bits per heavy atom. The second-order valence-corrected chi connectivity index (χ2v) is 8.76. The van der Waals surface area contributed by atoms with Crippen molar-refractivity contribution in [1.82, 2.24) is 15.2 Å². The lowest BCUT2D eigenvalue weighted by molar-refractivity contribution is 0.0763. The van der Waals surface area contributed by atoms with Gasteiger partial charge in [-0.1, -0.05) is 11.3 Å². The number of halogens is 2. The van der Waals surface area contributed by atoms with Crippen molar-refractivity contribution in [3.63, 3.8) is 0 Å². The van der Waals surface area contributed by atoms with Gasteiger partial charge in [0.05, 0.1) is 9.58 Å². The lowest BCUT2D eigenvalue weighted by Crippen LogP contribution is -2.32. The second kappa shape index (κ2) is 8.39. The topological polar surface area (TPSA) is 48.5 Å². The minimum absolute atomic E-state index is 0. The highest BCUT2D eigenvalue weighted by molar-refractivity contribution is 7.29. The minimum atomic E-state index is 0. The fraction of sp³-hybridized carbons (Fsp3) is 0.625. The third-order valence-electron chi connectivity index (χ3n) is 4.98. The molecule has 2 aromatic heterocycles. The van der Waals surface area contributed by atoms with Crippen LogP contribution in [0.4, 0.5) is 5.13 Å². The van der Waals surface area contributed by atoms with Crippen molar-refractivity contribution in [2.75, 3.05) is 45.2 Å². The van der Waals surface area contributed by atoms with Gasteiger partial charge in [0.1, 0.15) is 4.83 Å². The van der Waals surface area contributed by atoms with Crippen molar-refractivity contribution in [2.24, 2.45) is 11.8 Å². The third kappa shape index (κ3) is 4.06. The molecule has 2 aliphatic heterocycles. The van der Waals surface area contributed by atoms with Gasteiger partial charge in [0.25, 0.3) is 5.91 Å². The maximum absolute atomic E-state index is 12.8. The molecule has 2 atom stereocenters. The van der Waals surface area contributed by atoms with Crippen LogP contribution in [0.3, 0.4) is 0 Å². The van der Waals surface area contributed by atoms with Gasteiger partial charge in [-0.05, 0) is 43.8 Å². The number of thiophene rings is 1.